The van der Waals surface area contributed by atoms with Crippen molar-refractivity contribution in [2.45, 2.75) is 18.9 Å². The van der Waals surface area contributed by atoms with E-state index in [0.717, 1.165) is 35.6 Å². The van der Waals surface area contributed by atoms with Gasteiger partial charge in [0.15, 0.2) is 5.82 Å². The summed E-state index contributed by atoms with van der Waals surface area (Å²) in [6.07, 6.45) is 6.59. The minimum Gasteiger partial charge on any atom is -0.348 e. The van der Waals surface area contributed by atoms with Crippen LogP contribution in [0.2, 0.25) is 0 Å². The second-order valence-electron chi connectivity index (χ2n) is 6.68. The normalized spacial score (nSPS) is 16.3. The van der Waals surface area contributed by atoms with Crippen molar-refractivity contribution in [2.24, 2.45) is 0 Å². The lowest BCUT2D eigenvalue weighted by atomic mass is 10.1. The molecule has 1 amide bonds. The summed E-state index contributed by atoms with van der Waals surface area (Å²) in [7, 11) is 0. The zero-order valence-corrected chi connectivity index (χ0v) is 16.6. The van der Waals surface area contributed by atoms with Crippen LogP contribution in [0.4, 0.5) is 17.5 Å². The molecule has 0 aliphatic carbocycles. The number of anilines is 3. The average molecular weight is 408 g/mol. The summed E-state index contributed by atoms with van der Waals surface area (Å²) in [4.78, 5) is 22.5. The highest BCUT2D eigenvalue weighted by atomic mass is 32.1. The first-order valence-corrected chi connectivity index (χ1v) is 10.2. The first kappa shape index (κ1) is 19.0. The number of carbonyl (C=O) groups is 1. The molecule has 0 radical (unpaired) electrons. The Morgan fingerprint density at radius 2 is 2.31 bits per heavy atom. The fraction of sp³-hybridized carbons (Fsp3) is 0.250. The Balaban J connectivity index is 1.43. The van der Waals surface area contributed by atoms with E-state index in [1.807, 2.05) is 29.6 Å². The Kier molecular flexibility index (Phi) is 5.76. The molecule has 2 aromatic heterocycles. The first-order chi connectivity index (χ1) is 14.2. The van der Waals surface area contributed by atoms with Crippen LogP contribution < -0.4 is 10.6 Å². The van der Waals surface area contributed by atoms with E-state index in [9.17, 15) is 4.79 Å². The van der Waals surface area contributed by atoms with Gasteiger partial charge in [-0.1, -0.05) is 18.7 Å². The third-order valence-electron chi connectivity index (χ3n) is 4.61. The number of likely N-dealkylation sites (tertiary alicyclic amines) is 1. The molecule has 2 N–H and O–H groups in total. The van der Waals surface area contributed by atoms with E-state index >= 15 is 0 Å². The van der Waals surface area contributed by atoms with Gasteiger partial charge < -0.3 is 15.5 Å². The fourth-order valence-electron chi connectivity index (χ4n) is 3.28. The van der Waals surface area contributed by atoms with Crippen LogP contribution in [0.1, 0.15) is 12.8 Å². The van der Waals surface area contributed by atoms with Crippen LogP contribution in [0.15, 0.2) is 54.7 Å². The number of nitrogens with zero attached hydrogens (tertiary/aromatic N) is 5. The van der Waals surface area contributed by atoms with Crippen molar-refractivity contribution in [1.29, 1.82) is 0 Å². The maximum atomic E-state index is 11.9. The Morgan fingerprint density at radius 3 is 3.14 bits per heavy atom. The summed E-state index contributed by atoms with van der Waals surface area (Å²) in [5.41, 5.74) is 1.93. The van der Waals surface area contributed by atoms with Crippen molar-refractivity contribution in [3.63, 3.8) is 0 Å². The van der Waals surface area contributed by atoms with Crippen LogP contribution in [0.25, 0.3) is 10.6 Å². The molecule has 3 aromatic rings. The van der Waals surface area contributed by atoms with Gasteiger partial charge in [0, 0.05) is 42.0 Å². The molecule has 1 aliphatic heterocycles. The number of aromatic nitrogens is 4. The summed E-state index contributed by atoms with van der Waals surface area (Å²) in [5.74, 6) is 0.976. The van der Waals surface area contributed by atoms with Crippen LogP contribution in [0.3, 0.4) is 0 Å². The number of piperidine rings is 1. The molecule has 1 fully saturated rings. The number of carbonyl (C=O) groups excluding carboxylic acids is 1. The summed E-state index contributed by atoms with van der Waals surface area (Å²) >= 11 is 1.60. The van der Waals surface area contributed by atoms with Gasteiger partial charge in [0.05, 0.1) is 6.20 Å². The molecule has 148 valence electrons. The molecule has 0 spiro atoms. The molecule has 0 saturated carbocycles. The van der Waals surface area contributed by atoms with E-state index in [-0.39, 0.29) is 11.9 Å². The average Bonchev–Trinajstić information content (AvgIpc) is 3.29. The van der Waals surface area contributed by atoms with E-state index in [2.05, 4.69) is 37.4 Å². The number of rotatable bonds is 6. The lowest BCUT2D eigenvalue weighted by Crippen LogP contribution is -2.44. The first-order valence-electron chi connectivity index (χ1n) is 9.36. The molecule has 29 heavy (non-hydrogen) atoms. The Bertz CT molecular complexity index is 992. The predicted octanol–water partition coefficient (Wildman–Crippen LogP) is 3.33. The van der Waals surface area contributed by atoms with Crippen LogP contribution in [0.5, 0.6) is 0 Å². The van der Waals surface area contributed by atoms with E-state index in [1.54, 1.807) is 28.6 Å². The van der Waals surface area contributed by atoms with E-state index < -0.39 is 0 Å². The molecule has 0 bridgehead atoms. The molecular weight excluding hydrogens is 386 g/mol. The van der Waals surface area contributed by atoms with Gasteiger partial charge in [-0.25, -0.2) is 4.98 Å². The predicted molar refractivity (Wildman–Crippen MR) is 114 cm³/mol. The van der Waals surface area contributed by atoms with E-state index in [0.29, 0.717) is 18.3 Å². The topological polar surface area (TPSA) is 95.9 Å². The smallest absolute Gasteiger partial charge is 0.246 e. The Hall–Kier alpha value is -3.33. The molecular formula is C20H21N7OS. The molecule has 1 saturated heterocycles. The van der Waals surface area contributed by atoms with Crippen LogP contribution in [-0.4, -0.2) is 50.1 Å². The highest BCUT2D eigenvalue weighted by molar-refractivity contribution is 7.13. The maximum Gasteiger partial charge on any atom is 0.246 e. The van der Waals surface area contributed by atoms with Crippen LogP contribution in [0, 0.1) is 0 Å². The maximum absolute atomic E-state index is 11.9. The van der Waals surface area contributed by atoms with E-state index in [1.165, 1.54) is 6.08 Å². The van der Waals surface area contributed by atoms with Gasteiger partial charge in [-0.05, 0) is 31.1 Å². The third kappa shape index (κ3) is 4.75. The van der Waals surface area contributed by atoms with Crippen molar-refractivity contribution in [3.8, 4) is 10.6 Å². The van der Waals surface area contributed by atoms with Gasteiger partial charge >= 0.3 is 0 Å². The highest BCUT2D eigenvalue weighted by Gasteiger charge is 2.22. The molecule has 0 unspecified atom stereocenters. The van der Waals surface area contributed by atoms with Gasteiger partial charge in [0.1, 0.15) is 5.01 Å². The second kappa shape index (κ2) is 8.78. The highest BCUT2D eigenvalue weighted by Crippen LogP contribution is 2.25. The molecule has 1 atom stereocenters. The molecule has 1 aliphatic rings. The Morgan fingerprint density at radius 1 is 1.38 bits per heavy atom. The number of amides is 1. The minimum atomic E-state index is -0.0499. The van der Waals surface area contributed by atoms with Gasteiger partial charge in [-0.15, -0.1) is 16.4 Å². The van der Waals surface area contributed by atoms with Gasteiger partial charge in [0.2, 0.25) is 11.9 Å². The number of benzene rings is 1. The van der Waals surface area contributed by atoms with Crippen molar-refractivity contribution >= 4 is 34.7 Å². The molecule has 8 nitrogen and oxygen atoms in total. The van der Waals surface area contributed by atoms with Gasteiger partial charge in [-0.3, -0.25) is 4.79 Å². The number of thiazole rings is 1. The molecule has 1 aromatic carbocycles. The lowest BCUT2D eigenvalue weighted by molar-refractivity contribution is -0.127. The quantitative estimate of drug-likeness (QED) is 0.605. The molecule has 4 rings (SSSR count). The van der Waals surface area contributed by atoms with Gasteiger partial charge in [-0.2, -0.15) is 10.1 Å². The minimum absolute atomic E-state index is 0.0499. The number of hydrogen-bond donors (Lipinski definition) is 2. The number of nitrogens with one attached hydrogen (secondary N) is 2. The standard InChI is InChI=1S/C20H21N7OS/c1-2-18(28)27-9-4-7-16(13-27)24-20-25-17(12-22-26-20)23-15-6-3-5-14(11-15)19-21-8-10-29-19/h2-3,5-6,8,10-12,16H,1,4,7,9,13H2,(H2,23,24,25,26)/t16-/m1/s1. The van der Waals surface area contributed by atoms with Crippen molar-refractivity contribution in [2.75, 3.05) is 23.7 Å². The van der Waals surface area contributed by atoms with Crippen LogP contribution >= 0.6 is 11.3 Å². The zero-order chi connectivity index (χ0) is 20.1. The number of hydrogen-bond acceptors (Lipinski definition) is 8. The molecule has 3 heterocycles. The monoisotopic (exact) mass is 407 g/mol. The van der Waals surface area contributed by atoms with Crippen molar-refractivity contribution < 1.29 is 4.79 Å². The molecule has 9 heteroatoms. The lowest BCUT2D eigenvalue weighted by Gasteiger charge is -2.32. The summed E-state index contributed by atoms with van der Waals surface area (Å²) in [5, 5.41) is 17.6. The summed E-state index contributed by atoms with van der Waals surface area (Å²) in [6.45, 7) is 4.91. The summed E-state index contributed by atoms with van der Waals surface area (Å²) in [6, 6.07) is 8.06. The van der Waals surface area contributed by atoms with E-state index in [4.69, 9.17) is 0 Å². The fourth-order valence-corrected chi connectivity index (χ4v) is 3.91. The summed E-state index contributed by atoms with van der Waals surface area (Å²) < 4.78 is 0. The largest absolute Gasteiger partial charge is 0.348 e. The zero-order valence-electron chi connectivity index (χ0n) is 15.8. The van der Waals surface area contributed by atoms with Crippen molar-refractivity contribution in [3.05, 3.63) is 54.7 Å². The SMILES string of the molecule is C=CC(=O)N1CCC[C@@H](Nc2nncc(Nc3cccc(-c4nccs4)c3)n2)C1. The Labute approximate surface area is 172 Å². The van der Waals surface area contributed by atoms with Gasteiger partial charge in [0.25, 0.3) is 0 Å². The third-order valence-corrected chi connectivity index (χ3v) is 5.44. The van der Waals surface area contributed by atoms with Crippen molar-refractivity contribution in [1.82, 2.24) is 25.1 Å². The second-order valence-corrected chi connectivity index (χ2v) is 7.57. The van der Waals surface area contributed by atoms with Crippen LogP contribution in [-0.2, 0) is 4.79 Å².